The van der Waals surface area contributed by atoms with E-state index in [1.165, 1.54) is 18.5 Å². The second kappa shape index (κ2) is 9.16. The maximum Gasteiger partial charge on any atom is 0.276 e. The smallest absolute Gasteiger partial charge is 0.276 e. The summed E-state index contributed by atoms with van der Waals surface area (Å²) >= 11 is 0. The number of nitrogens with zero attached hydrogens (tertiary/aromatic N) is 3. The van der Waals surface area contributed by atoms with Gasteiger partial charge >= 0.3 is 0 Å². The number of halogens is 1. The zero-order valence-corrected chi connectivity index (χ0v) is 20.7. The molecule has 0 radical (unpaired) electrons. The summed E-state index contributed by atoms with van der Waals surface area (Å²) in [6, 6.07) is 10.8. The molecule has 1 fully saturated rings. The van der Waals surface area contributed by atoms with Gasteiger partial charge in [0.2, 0.25) is 5.91 Å². The number of hydrogen-bond donors (Lipinski definition) is 2. The van der Waals surface area contributed by atoms with Crippen molar-refractivity contribution in [3.63, 3.8) is 0 Å². The number of carbonyl (C=O) groups excluding carboxylic acids is 3. The molecule has 2 aliphatic heterocycles. The van der Waals surface area contributed by atoms with Crippen molar-refractivity contribution in [2.45, 2.75) is 44.4 Å². The summed E-state index contributed by atoms with van der Waals surface area (Å²) in [5.41, 5.74) is 0.175. The van der Waals surface area contributed by atoms with Gasteiger partial charge in [-0.1, -0.05) is 12.1 Å². The normalized spacial score (nSPS) is 20.1. The van der Waals surface area contributed by atoms with E-state index in [2.05, 4.69) is 15.6 Å². The maximum absolute atomic E-state index is 13.8. The summed E-state index contributed by atoms with van der Waals surface area (Å²) in [6.45, 7) is 2.94. The van der Waals surface area contributed by atoms with Crippen molar-refractivity contribution in [1.82, 2.24) is 19.8 Å². The van der Waals surface area contributed by atoms with Crippen molar-refractivity contribution in [3.8, 4) is 11.5 Å². The number of anilines is 1. The van der Waals surface area contributed by atoms with Crippen LogP contribution in [0.25, 0.3) is 0 Å². The molecule has 2 aromatic carbocycles. The Morgan fingerprint density at radius 1 is 1.11 bits per heavy atom. The number of ether oxygens (including phenoxy) is 2. The lowest BCUT2D eigenvalue weighted by Crippen LogP contribution is -2.64. The molecular weight excluding hydrogens is 493 g/mol. The molecule has 0 unspecified atom stereocenters. The van der Waals surface area contributed by atoms with Crippen LogP contribution >= 0.6 is 0 Å². The van der Waals surface area contributed by atoms with E-state index in [1.807, 2.05) is 0 Å². The van der Waals surface area contributed by atoms with Crippen LogP contribution in [0.3, 0.4) is 0 Å². The van der Waals surface area contributed by atoms with Crippen LogP contribution in [0.15, 0.2) is 48.8 Å². The topological polar surface area (TPSA) is 115 Å². The second-order valence-corrected chi connectivity index (χ2v) is 9.87. The zero-order valence-electron chi connectivity index (χ0n) is 20.7. The van der Waals surface area contributed by atoms with Crippen molar-refractivity contribution in [2.75, 3.05) is 18.5 Å². The van der Waals surface area contributed by atoms with Crippen LogP contribution in [0.4, 0.5) is 10.1 Å². The number of aromatic nitrogens is 2. The van der Waals surface area contributed by atoms with Crippen molar-refractivity contribution >= 4 is 23.4 Å². The van der Waals surface area contributed by atoms with Crippen LogP contribution in [0.1, 0.15) is 46.3 Å². The first-order chi connectivity index (χ1) is 18.3. The van der Waals surface area contributed by atoms with E-state index in [0.29, 0.717) is 30.4 Å². The second-order valence-electron chi connectivity index (χ2n) is 9.87. The van der Waals surface area contributed by atoms with Gasteiger partial charge in [-0.2, -0.15) is 0 Å². The minimum absolute atomic E-state index is 0.00990. The maximum atomic E-state index is 13.8. The molecule has 38 heavy (non-hydrogen) atoms. The fourth-order valence-corrected chi connectivity index (χ4v) is 5.01. The third kappa shape index (κ3) is 4.23. The Kier molecular flexibility index (Phi) is 5.77. The first-order valence-electron chi connectivity index (χ1n) is 12.5. The van der Waals surface area contributed by atoms with E-state index in [-0.39, 0.29) is 42.2 Å². The van der Waals surface area contributed by atoms with Crippen LogP contribution in [-0.4, -0.2) is 57.0 Å². The highest BCUT2D eigenvalue weighted by Crippen LogP contribution is 2.39. The molecule has 3 heterocycles. The molecule has 1 atom stereocenters. The fraction of sp³-hybridized carbons (Fsp3) is 0.333. The third-order valence-corrected chi connectivity index (χ3v) is 7.05. The molecule has 11 heteroatoms. The number of rotatable bonds is 6. The van der Waals surface area contributed by atoms with Gasteiger partial charge in [0.25, 0.3) is 11.8 Å². The summed E-state index contributed by atoms with van der Waals surface area (Å²) in [4.78, 5) is 46.3. The molecule has 1 saturated carbocycles. The van der Waals surface area contributed by atoms with Crippen LogP contribution < -0.4 is 20.1 Å². The summed E-state index contributed by atoms with van der Waals surface area (Å²) < 4.78 is 25.9. The highest BCUT2D eigenvalue weighted by atomic mass is 19.1. The van der Waals surface area contributed by atoms with E-state index in [1.54, 1.807) is 46.7 Å². The minimum Gasteiger partial charge on any atom is -0.486 e. The average Bonchev–Trinajstić information content (AvgIpc) is 3.65. The lowest BCUT2D eigenvalue weighted by molar-refractivity contribution is -0.133. The van der Waals surface area contributed by atoms with E-state index >= 15 is 0 Å². The molecule has 3 aliphatic rings. The molecule has 1 aromatic heterocycles. The molecule has 2 N–H and O–H groups in total. The standard InChI is InChI=1S/C27H26FN5O5/c1-27(26(36)29-13-16-2-4-17(28)5-3-16)14-32-15-30-22(23(32)25(35)33(27)19-7-8-19)24(34)31-18-6-9-20-21(12-18)38-11-10-37-20/h2-6,9,12,15,19H,7-8,10-11,13-14H2,1H3,(H,29,36)(H,31,34)/t27-/m0/s1. The number of imidazole rings is 1. The lowest BCUT2D eigenvalue weighted by Gasteiger charge is -2.44. The van der Waals surface area contributed by atoms with Crippen LogP contribution in [-0.2, 0) is 17.9 Å². The van der Waals surface area contributed by atoms with E-state index in [9.17, 15) is 18.8 Å². The number of fused-ring (bicyclic) bond motifs is 2. The molecule has 6 rings (SSSR count). The van der Waals surface area contributed by atoms with Crippen molar-refractivity contribution in [1.29, 1.82) is 0 Å². The predicted octanol–water partition coefficient (Wildman–Crippen LogP) is 2.74. The number of carbonyl (C=O) groups is 3. The molecular formula is C27H26FN5O5. The van der Waals surface area contributed by atoms with Crippen LogP contribution in [0, 0.1) is 5.82 Å². The lowest BCUT2D eigenvalue weighted by atomic mass is 9.93. The average molecular weight is 520 g/mol. The van der Waals surface area contributed by atoms with Crippen LogP contribution in [0.5, 0.6) is 11.5 Å². The summed E-state index contributed by atoms with van der Waals surface area (Å²) in [7, 11) is 0. The van der Waals surface area contributed by atoms with Crippen molar-refractivity contribution in [3.05, 3.63) is 71.6 Å². The first-order valence-corrected chi connectivity index (χ1v) is 12.5. The largest absolute Gasteiger partial charge is 0.486 e. The van der Waals surface area contributed by atoms with Crippen LogP contribution in [0.2, 0.25) is 0 Å². The van der Waals surface area contributed by atoms with E-state index in [0.717, 1.165) is 18.4 Å². The first kappa shape index (κ1) is 24.0. The quantitative estimate of drug-likeness (QED) is 0.518. The molecule has 0 spiro atoms. The highest BCUT2D eigenvalue weighted by Gasteiger charge is 2.53. The zero-order chi connectivity index (χ0) is 26.4. The SMILES string of the molecule is C[C@@]1(C(=O)NCc2ccc(F)cc2)Cn2cnc(C(=O)Nc3ccc4c(c3)OCCO4)c2C(=O)N1C1CC1. The Morgan fingerprint density at radius 3 is 2.58 bits per heavy atom. The van der Waals surface area contributed by atoms with E-state index < -0.39 is 17.4 Å². The Morgan fingerprint density at radius 2 is 1.84 bits per heavy atom. The van der Waals surface area contributed by atoms with Gasteiger partial charge in [-0.3, -0.25) is 14.4 Å². The van der Waals surface area contributed by atoms with Gasteiger partial charge in [-0.15, -0.1) is 0 Å². The van der Waals surface area contributed by atoms with E-state index in [4.69, 9.17) is 9.47 Å². The summed E-state index contributed by atoms with van der Waals surface area (Å²) in [5, 5.41) is 5.67. The number of benzene rings is 2. The van der Waals surface area contributed by atoms with Gasteiger partial charge in [0.05, 0.1) is 12.9 Å². The Bertz CT molecular complexity index is 1430. The fourth-order valence-electron chi connectivity index (χ4n) is 5.01. The minimum atomic E-state index is -1.18. The molecule has 3 aromatic rings. The summed E-state index contributed by atoms with van der Waals surface area (Å²) in [5.74, 6) is -0.512. The Balaban J connectivity index is 1.24. The third-order valence-electron chi connectivity index (χ3n) is 7.05. The predicted molar refractivity (Wildman–Crippen MR) is 133 cm³/mol. The monoisotopic (exact) mass is 519 g/mol. The molecule has 0 saturated heterocycles. The van der Waals surface area contributed by atoms with Gasteiger partial charge in [-0.05, 0) is 49.6 Å². The summed E-state index contributed by atoms with van der Waals surface area (Å²) in [6.07, 6.45) is 2.97. The van der Waals surface area contributed by atoms with Gasteiger partial charge in [0.15, 0.2) is 17.2 Å². The number of hydrogen-bond acceptors (Lipinski definition) is 6. The number of nitrogens with one attached hydrogen (secondary N) is 2. The molecule has 10 nitrogen and oxygen atoms in total. The van der Waals surface area contributed by atoms with Crippen molar-refractivity contribution in [2.24, 2.45) is 0 Å². The van der Waals surface area contributed by atoms with Gasteiger partial charge in [-0.25, -0.2) is 9.37 Å². The highest BCUT2D eigenvalue weighted by molar-refractivity contribution is 6.11. The molecule has 0 bridgehead atoms. The Labute approximate surface area is 217 Å². The van der Waals surface area contributed by atoms with Gasteiger partial charge in [0, 0.05) is 24.3 Å². The molecule has 196 valence electrons. The molecule has 1 aliphatic carbocycles. The molecule has 3 amide bonds. The van der Waals surface area contributed by atoms with Gasteiger partial charge in [0.1, 0.15) is 30.3 Å². The Hall–Kier alpha value is -4.41. The van der Waals surface area contributed by atoms with Gasteiger partial charge < -0.3 is 29.6 Å². The van der Waals surface area contributed by atoms with Crippen molar-refractivity contribution < 1.29 is 28.2 Å². The number of amides is 3.